The summed E-state index contributed by atoms with van der Waals surface area (Å²) in [6.45, 7) is 4.60. The van der Waals surface area contributed by atoms with Crippen molar-refractivity contribution in [2.24, 2.45) is 0 Å². The maximum Gasteiger partial charge on any atom is 0.0467 e. The van der Waals surface area contributed by atoms with Crippen molar-refractivity contribution in [2.45, 2.75) is 155 Å². The van der Waals surface area contributed by atoms with E-state index in [9.17, 15) is 0 Å². The van der Waals surface area contributed by atoms with Gasteiger partial charge in [-0.05, 0) is 48.9 Å². The quantitative estimate of drug-likeness (QED) is 0.131. The molecule has 0 amide bonds. The van der Waals surface area contributed by atoms with E-state index >= 15 is 0 Å². The molecule has 1 aromatic heterocycles. The molecule has 1 heterocycles. The van der Waals surface area contributed by atoms with Gasteiger partial charge in [0.2, 0.25) is 0 Å². The SMILES string of the molecule is CCCCCCCCCCCCc1ccc2c(c1)[nH]c1cc(CCCCCCCCCCCC)ccc12. The number of hydrogen-bond donors (Lipinski definition) is 1. The summed E-state index contributed by atoms with van der Waals surface area (Å²) in [5.74, 6) is 0. The van der Waals surface area contributed by atoms with Crippen LogP contribution in [-0.4, -0.2) is 4.98 Å². The van der Waals surface area contributed by atoms with Crippen molar-refractivity contribution >= 4 is 21.8 Å². The molecule has 37 heavy (non-hydrogen) atoms. The van der Waals surface area contributed by atoms with Gasteiger partial charge in [-0.3, -0.25) is 0 Å². The lowest BCUT2D eigenvalue weighted by Crippen LogP contribution is -1.87. The normalized spacial score (nSPS) is 11.7. The van der Waals surface area contributed by atoms with Crippen LogP contribution >= 0.6 is 0 Å². The third kappa shape index (κ3) is 11.3. The van der Waals surface area contributed by atoms with Gasteiger partial charge in [0.05, 0.1) is 0 Å². The highest BCUT2D eigenvalue weighted by atomic mass is 14.7. The zero-order chi connectivity index (χ0) is 26.0. The van der Waals surface area contributed by atoms with Crippen molar-refractivity contribution in [3.8, 4) is 0 Å². The minimum absolute atomic E-state index is 1.21. The predicted molar refractivity (Wildman–Crippen MR) is 167 cm³/mol. The second-order valence-corrected chi connectivity index (χ2v) is 11.7. The van der Waals surface area contributed by atoms with Gasteiger partial charge in [-0.15, -0.1) is 0 Å². The zero-order valence-corrected chi connectivity index (χ0v) is 24.5. The van der Waals surface area contributed by atoms with Gasteiger partial charge in [-0.2, -0.15) is 0 Å². The highest BCUT2D eigenvalue weighted by Gasteiger charge is 2.06. The van der Waals surface area contributed by atoms with Crippen molar-refractivity contribution in [1.29, 1.82) is 0 Å². The molecule has 1 heteroatoms. The topological polar surface area (TPSA) is 15.8 Å². The minimum Gasteiger partial charge on any atom is -0.354 e. The summed E-state index contributed by atoms with van der Waals surface area (Å²) in [6.07, 6.45) is 30.6. The molecule has 1 nitrogen and oxygen atoms in total. The van der Waals surface area contributed by atoms with Crippen LogP contribution in [0.15, 0.2) is 36.4 Å². The Balaban J connectivity index is 1.34. The van der Waals surface area contributed by atoms with Crippen molar-refractivity contribution in [2.75, 3.05) is 0 Å². The number of aromatic nitrogens is 1. The Morgan fingerprint density at radius 1 is 0.405 bits per heavy atom. The second kappa shape index (κ2) is 18.5. The third-order valence-corrected chi connectivity index (χ3v) is 8.37. The van der Waals surface area contributed by atoms with Crippen LogP contribution in [0.5, 0.6) is 0 Å². The van der Waals surface area contributed by atoms with E-state index in [1.54, 1.807) is 0 Å². The monoisotopic (exact) mass is 503 g/mol. The van der Waals surface area contributed by atoms with Gasteiger partial charge in [0.25, 0.3) is 0 Å². The second-order valence-electron chi connectivity index (χ2n) is 11.7. The van der Waals surface area contributed by atoms with E-state index in [1.165, 1.54) is 174 Å². The van der Waals surface area contributed by atoms with E-state index in [0.717, 1.165) is 0 Å². The van der Waals surface area contributed by atoms with Crippen LogP contribution < -0.4 is 0 Å². The highest BCUT2D eigenvalue weighted by molar-refractivity contribution is 6.07. The highest BCUT2D eigenvalue weighted by Crippen LogP contribution is 2.28. The lowest BCUT2D eigenvalue weighted by molar-refractivity contribution is 0.556. The first-order valence-electron chi connectivity index (χ1n) is 16.3. The summed E-state index contributed by atoms with van der Waals surface area (Å²) in [7, 11) is 0. The molecule has 0 aliphatic heterocycles. The van der Waals surface area contributed by atoms with Gasteiger partial charge in [0.15, 0.2) is 0 Å². The van der Waals surface area contributed by atoms with Crippen molar-refractivity contribution in [3.05, 3.63) is 47.5 Å². The van der Waals surface area contributed by atoms with Crippen molar-refractivity contribution < 1.29 is 0 Å². The van der Waals surface area contributed by atoms with Gasteiger partial charge >= 0.3 is 0 Å². The molecule has 0 saturated carbocycles. The molecule has 2 aromatic carbocycles. The Kier molecular flexibility index (Phi) is 14.9. The van der Waals surface area contributed by atoms with E-state index in [0.29, 0.717) is 0 Å². The third-order valence-electron chi connectivity index (χ3n) is 8.37. The van der Waals surface area contributed by atoms with Crippen molar-refractivity contribution in [1.82, 2.24) is 4.98 Å². The Labute approximate surface area is 229 Å². The standard InChI is InChI=1S/C36H57N/c1-3-5-7-9-11-13-15-17-19-21-23-31-25-27-33-34-28-26-32(30-36(34)37-35(33)29-31)24-22-20-18-16-14-12-10-8-6-4-2/h25-30,37H,3-24H2,1-2H3. The average Bonchev–Trinajstić information content (AvgIpc) is 3.27. The Hall–Kier alpha value is -1.76. The molecular formula is C36H57N. The molecular weight excluding hydrogens is 446 g/mol. The van der Waals surface area contributed by atoms with Gasteiger partial charge in [-0.25, -0.2) is 0 Å². The summed E-state index contributed by atoms with van der Waals surface area (Å²) < 4.78 is 0. The number of aromatic amines is 1. The molecule has 3 aromatic rings. The maximum atomic E-state index is 3.74. The lowest BCUT2D eigenvalue weighted by atomic mass is 10.0. The molecule has 0 atom stereocenters. The Bertz CT molecular complexity index is 903. The molecule has 0 fully saturated rings. The number of hydrogen-bond acceptors (Lipinski definition) is 0. The van der Waals surface area contributed by atoms with Gasteiger partial charge in [-0.1, -0.05) is 154 Å². The van der Waals surface area contributed by atoms with E-state index in [2.05, 4.69) is 55.2 Å². The van der Waals surface area contributed by atoms with E-state index in [4.69, 9.17) is 0 Å². The molecule has 0 saturated heterocycles. The van der Waals surface area contributed by atoms with Gasteiger partial charge in [0.1, 0.15) is 0 Å². The molecule has 206 valence electrons. The molecule has 0 radical (unpaired) electrons. The van der Waals surface area contributed by atoms with Gasteiger partial charge < -0.3 is 4.98 Å². The molecule has 1 N–H and O–H groups in total. The number of nitrogens with one attached hydrogen (secondary N) is 1. The smallest absolute Gasteiger partial charge is 0.0467 e. The molecule has 0 unspecified atom stereocenters. The van der Waals surface area contributed by atoms with Crippen LogP contribution in [0.25, 0.3) is 21.8 Å². The fourth-order valence-electron chi connectivity index (χ4n) is 5.95. The summed E-state index contributed by atoms with van der Waals surface area (Å²) in [5, 5.41) is 2.76. The maximum absolute atomic E-state index is 3.74. The first-order valence-corrected chi connectivity index (χ1v) is 16.3. The number of fused-ring (bicyclic) bond motifs is 3. The number of unbranched alkanes of at least 4 members (excludes halogenated alkanes) is 18. The number of rotatable bonds is 22. The Morgan fingerprint density at radius 3 is 1.08 bits per heavy atom. The van der Waals surface area contributed by atoms with Gasteiger partial charge in [0, 0.05) is 21.8 Å². The van der Waals surface area contributed by atoms with E-state index in [1.807, 2.05) is 0 Å². The van der Waals surface area contributed by atoms with Crippen LogP contribution in [0, 0.1) is 0 Å². The fourth-order valence-corrected chi connectivity index (χ4v) is 5.95. The van der Waals surface area contributed by atoms with Crippen LogP contribution in [0.4, 0.5) is 0 Å². The lowest BCUT2D eigenvalue weighted by Gasteiger charge is -2.04. The first kappa shape index (κ1) is 29.8. The number of benzene rings is 2. The molecule has 0 spiro atoms. The number of aryl methyl sites for hydroxylation is 2. The van der Waals surface area contributed by atoms with E-state index < -0.39 is 0 Å². The Morgan fingerprint density at radius 2 is 0.730 bits per heavy atom. The van der Waals surface area contributed by atoms with Crippen LogP contribution in [-0.2, 0) is 12.8 Å². The zero-order valence-electron chi connectivity index (χ0n) is 24.5. The molecule has 0 aliphatic rings. The van der Waals surface area contributed by atoms with Crippen LogP contribution in [0.3, 0.4) is 0 Å². The summed E-state index contributed by atoms with van der Waals surface area (Å²) in [5.41, 5.74) is 5.61. The molecule has 0 aliphatic carbocycles. The molecule has 0 bridgehead atoms. The summed E-state index contributed by atoms with van der Waals surface area (Å²) >= 11 is 0. The average molecular weight is 504 g/mol. The largest absolute Gasteiger partial charge is 0.354 e. The van der Waals surface area contributed by atoms with Crippen LogP contribution in [0.1, 0.15) is 153 Å². The first-order chi connectivity index (χ1) is 18.3. The summed E-state index contributed by atoms with van der Waals surface area (Å²) in [4.78, 5) is 3.74. The van der Waals surface area contributed by atoms with E-state index in [-0.39, 0.29) is 0 Å². The molecule has 3 rings (SSSR count). The van der Waals surface area contributed by atoms with Crippen LogP contribution in [0.2, 0.25) is 0 Å². The number of H-pyrrole nitrogens is 1. The van der Waals surface area contributed by atoms with Crippen molar-refractivity contribution in [3.63, 3.8) is 0 Å². The fraction of sp³-hybridized carbons (Fsp3) is 0.667. The minimum atomic E-state index is 1.21. The predicted octanol–water partition coefficient (Wildman–Crippen LogP) is 12.2. The summed E-state index contributed by atoms with van der Waals surface area (Å²) in [6, 6.07) is 14.2.